The lowest BCUT2D eigenvalue weighted by atomic mass is 10.1. The zero-order chi connectivity index (χ0) is 12.1. The van der Waals surface area contributed by atoms with Gasteiger partial charge in [-0.1, -0.05) is 30.3 Å². The summed E-state index contributed by atoms with van der Waals surface area (Å²) in [5.74, 6) is 0.115. The summed E-state index contributed by atoms with van der Waals surface area (Å²) in [6.07, 6.45) is 3.83. The first-order chi connectivity index (χ1) is 8.25. The second kappa shape index (κ2) is 5.25. The summed E-state index contributed by atoms with van der Waals surface area (Å²) in [6, 6.07) is 12.2. The van der Waals surface area contributed by atoms with Crippen LogP contribution in [0.15, 0.2) is 59.7 Å². The number of nitrogens with zero attached hydrogens (tertiary/aromatic N) is 1. The standard InChI is InChI=1S/C14H13NO2/c16-13-6-9-15(10-7-13)11-8-14(17)12-4-2-1-3-5-12/h1-7,9-10H,8,11H2. The number of pyridine rings is 1. The van der Waals surface area contributed by atoms with Crippen LogP contribution >= 0.6 is 0 Å². The minimum atomic E-state index is -0.0179. The first kappa shape index (κ1) is 11.3. The molecule has 2 rings (SSSR count). The molecule has 86 valence electrons. The number of carbonyl (C=O) groups excluding carboxylic acids is 1. The molecule has 0 saturated carbocycles. The molecule has 0 bridgehead atoms. The van der Waals surface area contributed by atoms with Crippen molar-refractivity contribution < 1.29 is 4.79 Å². The predicted octanol–water partition coefficient (Wildman–Crippen LogP) is 2.12. The van der Waals surface area contributed by atoms with E-state index in [9.17, 15) is 9.59 Å². The Morgan fingerprint density at radius 3 is 2.29 bits per heavy atom. The van der Waals surface area contributed by atoms with Crippen LogP contribution in [0.1, 0.15) is 16.8 Å². The normalized spacial score (nSPS) is 10.1. The van der Waals surface area contributed by atoms with Gasteiger partial charge in [-0.25, -0.2) is 0 Å². The van der Waals surface area contributed by atoms with E-state index in [-0.39, 0.29) is 11.2 Å². The monoisotopic (exact) mass is 227 g/mol. The van der Waals surface area contributed by atoms with Crippen molar-refractivity contribution in [1.82, 2.24) is 4.57 Å². The van der Waals surface area contributed by atoms with Crippen LogP contribution in [0.5, 0.6) is 0 Å². The molecule has 0 saturated heterocycles. The molecule has 1 aromatic carbocycles. The van der Waals surface area contributed by atoms with Crippen molar-refractivity contribution in [2.45, 2.75) is 13.0 Å². The molecule has 0 aliphatic rings. The lowest BCUT2D eigenvalue weighted by Gasteiger charge is -2.04. The summed E-state index contributed by atoms with van der Waals surface area (Å²) in [5, 5.41) is 0. The average molecular weight is 227 g/mol. The van der Waals surface area contributed by atoms with Gasteiger partial charge in [0.2, 0.25) is 0 Å². The van der Waals surface area contributed by atoms with Crippen molar-refractivity contribution >= 4 is 5.78 Å². The number of Topliss-reactive ketones (excluding diaryl/α,β-unsaturated/α-hetero) is 1. The molecule has 0 N–H and O–H groups in total. The van der Waals surface area contributed by atoms with Crippen LogP contribution < -0.4 is 5.43 Å². The summed E-state index contributed by atoms with van der Waals surface area (Å²) in [6.45, 7) is 0.591. The smallest absolute Gasteiger partial charge is 0.181 e. The van der Waals surface area contributed by atoms with Crippen molar-refractivity contribution in [3.8, 4) is 0 Å². The van der Waals surface area contributed by atoms with Crippen LogP contribution in [0.25, 0.3) is 0 Å². The van der Waals surface area contributed by atoms with Crippen LogP contribution in [-0.4, -0.2) is 10.4 Å². The molecule has 0 spiro atoms. The van der Waals surface area contributed by atoms with Gasteiger partial charge in [0.15, 0.2) is 11.2 Å². The van der Waals surface area contributed by atoms with E-state index in [1.165, 1.54) is 12.1 Å². The summed E-state index contributed by atoms with van der Waals surface area (Å²) in [5.41, 5.74) is 0.712. The van der Waals surface area contributed by atoms with Crippen LogP contribution in [0.3, 0.4) is 0 Å². The minimum absolute atomic E-state index is 0.0179. The highest BCUT2D eigenvalue weighted by atomic mass is 16.1. The fourth-order valence-electron chi connectivity index (χ4n) is 1.59. The fourth-order valence-corrected chi connectivity index (χ4v) is 1.59. The number of carbonyl (C=O) groups is 1. The Kier molecular flexibility index (Phi) is 3.50. The lowest BCUT2D eigenvalue weighted by molar-refractivity contribution is 0.0977. The second-order valence-corrected chi connectivity index (χ2v) is 3.81. The van der Waals surface area contributed by atoms with Crippen molar-refractivity contribution in [1.29, 1.82) is 0 Å². The van der Waals surface area contributed by atoms with Crippen LogP contribution in [0, 0.1) is 0 Å². The molecule has 1 aromatic heterocycles. The predicted molar refractivity (Wildman–Crippen MR) is 66.1 cm³/mol. The molecule has 0 fully saturated rings. The van der Waals surface area contributed by atoms with Gasteiger partial charge in [0.25, 0.3) is 0 Å². The van der Waals surface area contributed by atoms with Gasteiger partial charge in [-0.2, -0.15) is 0 Å². The largest absolute Gasteiger partial charge is 0.354 e. The number of hydrogen-bond acceptors (Lipinski definition) is 2. The number of hydrogen-bond donors (Lipinski definition) is 0. The lowest BCUT2D eigenvalue weighted by Crippen LogP contribution is -2.08. The molecular formula is C14H13NO2. The highest BCUT2D eigenvalue weighted by Crippen LogP contribution is 2.04. The molecule has 0 aliphatic heterocycles. The Hall–Kier alpha value is -2.16. The van der Waals surface area contributed by atoms with E-state index in [4.69, 9.17) is 0 Å². The molecule has 0 unspecified atom stereocenters. The molecule has 3 nitrogen and oxygen atoms in total. The van der Waals surface area contributed by atoms with Crippen molar-refractivity contribution in [3.05, 3.63) is 70.6 Å². The van der Waals surface area contributed by atoms with E-state index in [0.29, 0.717) is 13.0 Å². The highest BCUT2D eigenvalue weighted by Gasteiger charge is 2.04. The zero-order valence-electron chi connectivity index (χ0n) is 9.37. The van der Waals surface area contributed by atoms with Gasteiger partial charge in [0.05, 0.1) is 0 Å². The number of ketones is 1. The molecule has 17 heavy (non-hydrogen) atoms. The Bertz CT molecular complexity index is 537. The Balaban J connectivity index is 1.97. The number of aryl methyl sites for hydroxylation is 1. The van der Waals surface area contributed by atoms with Crippen LogP contribution in [-0.2, 0) is 6.54 Å². The van der Waals surface area contributed by atoms with Gasteiger partial charge >= 0.3 is 0 Å². The van der Waals surface area contributed by atoms with Crippen LogP contribution in [0.2, 0.25) is 0 Å². The zero-order valence-corrected chi connectivity index (χ0v) is 9.37. The third-order valence-corrected chi connectivity index (χ3v) is 2.55. The maximum absolute atomic E-state index is 11.8. The molecule has 2 aromatic rings. The molecule has 1 heterocycles. The second-order valence-electron chi connectivity index (χ2n) is 3.81. The summed E-state index contributed by atoms with van der Waals surface area (Å²) in [7, 11) is 0. The average Bonchev–Trinajstić information content (AvgIpc) is 2.39. The summed E-state index contributed by atoms with van der Waals surface area (Å²) >= 11 is 0. The quantitative estimate of drug-likeness (QED) is 0.750. The Morgan fingerprint density at radius 1 is 1.00 bits per heavy atom. The number of aromatic nitrogens is 1. The molecule has 0 radical (unpaired) electrons. The first-order valence-corrected chi connectivity index (χ1v) is 5.50. The van der Waals surface area contributed by atoms with Crippen molar-refractivity contribution in [3.63, 3.8) is 0 Å². The van der Waals surface area contributed by atoms with Crippen LogP contribution in [0.4, 0.5) is 0 Å². The Labute approximate surface area is 99.3 Å². The van der Waals surface area contributed by atoms with Crippen molar-refractivity contribution in [2.75, 3.05) is 0 Å². The van der Waals surface area contributed by atoms with Gasteiger partial charge in [-0.05, 0) is 0 Å². The topological polar surface area (TPSA) is 39.1 Å². The number of rotatable bonds is 4. The highest BCUT2D eigenvalue weighted by molar-refractivity contribution is 5.95. The van der Waals surface area contributed by atoms with Gasteiger partial charge in [0.1, 0.15) is 0 Å². The third-order valence-electron chi connectivity index (χ3n) is 2.55. The van der Waals surface area contributed by atoms with Gasteiger partial charge in [-0.3, -0.25) is 9.59 Å². The molecule has 0 amide bonds. The number of benzene rings is 1. The van der Waals surface area contributed by atoms with Crippen molar-refractivity contribution in [2.24, 2.45) is 0 Å². The van der Waals surface area contributed by atoms with Gasteiger partial charge < -0.3 is 4.57 Å². The molecule has 0 atom stereocenters. The van der Waals surface area contributed by atoms with Gasteiger partial charge in [-0.15, -0.1) is 0 Å². The Morgan fingerprint density at radius 2 is 1.65 bits per heavy atom. The van der Waals surface area contributed by atoms with E-state index < -0.39 is 0 Å². The van der Waals surface area contributed by atoms with E-state index in [1.54, 1.807) is 12.4 Å². The fraction of sp³-hybridized carbons (Fsp3) is 0.143. The molecule has 3 heteroatoms. The van der Waals surface area contributed by atoms with E-state index >= 15 is 0 Å². The maximum atomic E-state index is 11.8. The summed E-state index contributed by atoms with van der Waals surface area (Å²) < 4.78 is 1.84. The maximum Gasteiger partial charge on any atom is 0.181 e. The first-order valence-electron chi connectivity index (χ1n) is 5.50. The molecular weight excluding hydrogens is 214 g/mol. The minimum Gasteiger partial charge on any atom is -0.354 e. The molecule has 0 aliphatic carbocycles. The van der Waals surface area contributed by atoms with Gasteiger partial charge in [0, 0.05) is 43.1 Å². The van der Waals surface area contributed by atoms with E-state index in [1.807, 2.05) is 34.9 Å². The SMILES string of the molecule is O=C(CCn1ccc(=O)cc1)c1ccccc1. The third kappa shape index (κ3) is 3.14. The van der Waals surface area contributed by atoms with E-state index in [0.717, 1.165) is 5.56 Å². The van der Waals surface area contributed by atoms with E-state index in [2.05, 4.69) is 0 Å². The summed E-state index contributed by atoms with van der Waals surface area (Å²) in [4.78, 5) is 22.7.